The number of pyridine rings is 1. The van der Waals surface area contributed by atoms with E-state index in [4.69, 9.17) is 14.6 Å². The number of amides is 1. The van der Waals surface area contributed by atoms with E-state index in [1.807, 2.05) is 32.0 Å². The van der Waals surface area contributed by atoms with Crippen molar-refractivity contribution in [2.45, 2.75) is 18.7 Å². The van der Waals surface area contributed by atoms with Crippen molar-refractivity contribution in [3.63, 3.8) is 0 Å². The zero-order valence-corrected chi connectivity index (χ0v) is 20.8. The molecule has 0 aliphatic carbocycles. The first kappa shape index (κ1) is 24.7. The van der Waals surface area contributed by atoms with Crippen molar-refractivity contribution in [2.24, 2.45) is 5.14 Å². The van der Waals surface area contributed by atoms with E-state index < -0.39 is 9.71 Å². The molecule has 8 nitrogen and oxygen atoms in total. The number of aromatic nitrogens is 1. The van der Waals surface area contributed by atoms with E-state index in [0.717, 1.165) is 35.5 Å². The van der Waals surface area contributed by atoms with Crippen LogP contribution in [-0.2, 0) is 14.4 Å². The number of carbonyl (C=O) groups is 1. The summed E-state index contributed by atoms with van der Waals surface area (Å²) in [7, 11) is -2.91. The van der Waals surface area contributed by atoms with Crippen LogP contribution in [0.3, 0.4) is 0 Å². The molecule has 9 heteroatoms. The molecule has 1 unspecified atom stereocenters. The summed E-state index contributed by atoms with van der Waals surface area (Å²) >= 11 is 0. The Morgan fingerprint density at radius 3 is 2.71 bits per heavy atom. The Balaban J connectivity index is 1.64. The molecule has 0 spiro atoms. The molecule has 1 saturated heterocycles. The molecule has 1 amide bonds. The summed E-state index contributed by atoms with van der Waals surface area (Å²) in [6, 6.07) is 14.2. The molecule has 184 valence electrons. The van der Waals surface area contributed by atoms with Crippen LogP contribution in [0.1, 0.15) is 22.8 Å². The largest absolute Gasteiger partial charge is 0.476 e. The van der Waals surface area contributed by atoms with Crippen LogP contribution in [0.5, 0.6) is 5.88 Å². The number of anilines is 2. The molecule has 0 saturated carbocycles. The Bertz CT molecular complexity index is 1330. The summed E-state index contributed by atoms with van der Waals surface area (Å²) in [4.78, 5) is 20.0. The van der Waals surface area contributed by atoms with E-state index >= 15 is 0 Å². The van der Waals surface area contributed by atoms with Crippen molar-refractivity contribution >= 4 is 32.9 Å². The minimum Gasteiger partial charge on any atom is -0.476 e. The van der Waals surface area contributed by atoms with Gasteiger partial charge < -0.3 is 19.7 Å². The van der Waals surface area contributed by atoms with Crippen molar-refractivity contribution in [3.8, 4) is 17.0 Å². The van der Waals surface area contributed by atoms with Gasteiger partial charge in [-0.15, -0.1) is 0 Å². The lowest BCUT2D eigenvalue weighted by atomic mass is 10.0. The van der Waals surface area contributed by atoms with Gasteiger partial charge >= 0.3 is 0 Å². The number of carbonyl (C=O) groups excluding carboxylic acids is 1. The maximum atomic E-state index is 12.9. The van der Waals surface area contributed by atoms with Gasteiger partial charge in [0.1, 0.15) is 5.69 Å². The second-order valence-corrected chi connectivity index (χ2v) is 10.2. The zero-order valence-electron chi connectivity index (χ0n) is 20.0. The molecule has 35 heavy (non-hydrogen) atoms. The smallest absolute Gasteiger partial charge is 0.255 e. The minimum atomic E-state index is -2.91. The van der Waals surface area contributed by atoms with Crippen molar-refractivity contribution in [1.29, 1.82) is 0 Å². The predicted molar refractivity (Wildman–Crippen MR) is 141 cm³/mol. The summed E-state index contributed by atoms with van der Waals surface area (Å²) in [5, 5.41) is 8.55. The van der Waals surface area contributed by atoms with Crippen LogP contribution >= 0.6 is 0 Å². The van der Waals surface area contributed by atoms with E-state index in [9.17, 15) is 9.00 Å². The van der Waals surface area contributed by atoms with E-state index in [-0.39, 0.29) is 5.91 Å². The van der Waals surface area contributed by atoms with Crippen LogP contribution < -0.4 is 20.1 Å². The van der Waals surface area contributed by atoms with E-state index in [1.54, 1.807) is 24.4 Å². The lowest BCUT2D eigenvalue weighted by molar-refractivity contribution is 0.102. The summed E-state index contributed by atoms with van der Waals surface area (Å²) in [6.45, 7) is 7.33. The SMILES string of the molecule is C=S(N)(=O)c1cccc(C(=O)Nc2ccc(C)c(-c3cnc(OCC)c(N4CCOCC4)c3)c2)c1. The van der Waals surface area contributed by atoms with Crippen molar-refractivity contribution in [3.05, 3.63) is 65.9 Å². The summed E-state index contributed by atoms with van der Waals surface area (Å²) < 4.78 is 23.4. The maximum Gasteiger partial charge on any atom is 0.255 e. The molecule has 3 N–H and O–H groups in total. The average molecular weight is 495 g/mol. The highest BCUT2D eigenvalue weighted by atomic mass is 32.2. The number of morpholine rings is 1. The second-order valence-electron chi connectivity index (χ2n) is 8.32. The highest BCUT2D eigenvalue weighted by Gasteiger charge is 2.19. The van der Waals surface area contributed by atoms with Crippen LogP contribution in [0.25, 0.3) is 11.1 Å². The summed E-state index contributed by atoms with van der Waals surface area (Å²) in [5.41, 5.74) is 4.82. The van der Waals surface area contributed by atoms with Crippen LogP contribution in [0.2, 0.25) is 0 Å². The Morgan fingerprint density at radius 1 is 1.23 bits per heavy atom. The van der Waals surface area contributed by atoms with Gasteiger partial charge in [-0.1, -0.05) is 12.1 Å². The normalized spacial score (nSPS) is 15.3. The number of nitrogens with one attached hydrogen (secondary N) is 1. The van der Waals surface area contributed by atoms with E-state index in [2.05, 4.69) is 27.1 Å². The maximum absolute atomic E-state index is 12.9. The van der Waals surface area contributed by atoms with Crippen molar-refractivity contribution in [2.75, 3.05) is 43.1 Å². The second kappa shape index (κ2) is 10.5. The molecule has 2 aromatic carbocycles. The number of benzene rings is 2. The Labute approximate surface area is 206 Å². The van der Waals surface area contributed by atoms with E-state index in [0.29, 0.717) is 41.8 Å². The lowest BCUT2D eigenvalue weighted by Gasteiger charge is -2.30. The minimum absolute atomic E-state index is 0.325. The fourth-order valence-electron chi connectivity index (χ4n) is 3.93. The summed E-state index contributed by atoms with van der Waals surface area (Å²) in [5.74, 6) is 3.76. The van der Waals surface area contributed by atoms with Gasteiger partial charge in [-0.2, -0.15) is 0 Å². The number of nitrogens with two attached hydrogens (primary N) is 1. The van der Waals surface area contributed by atoms with Crippen molar-refractivity contribution < 1.29 is 18.5 Å². The van der Waals surface area contributed by atoms with Gasteiger partial charge in [0.15, 0.2) is 0 Å². The number of rotatable bonds is 7. The molecule has 1 atom stereocenters. The fourth-order valence-corrected chi connectivity index (χ4v) is 4.57. The highest BCUT2D eigenvalue weighted by molar-refractivity contribution is 7.98. The first-order valence-corrected chi connectivity index (χ1v) is 13.2. The molecule has 1 aromatic heterocycles. The standard InChI is InChI=1S/C26H30N4O4S/c1-4-34-26-24(30-10-12-33-13-11-30)15-20(17-28-26)23-16-21(9-8-18(23)2)29-25(31)19-6-5-7-22(14-19)35(3,27)32/h5-9,14-17H,3-4,10-13H2,1-2H3,(H2,27,32)(H,29,31). The quantitative estimate of drug-likeness (QED) is 0.487. The molecule has 2 heterocycles. The topological polar surface area (TPSA) is 107 Å². The van der Waals surface area contributed by atoms with Gasteiger partial charge in [-0.3, -0.25) is 9.93 Å². The van der Waals surface area contributed by atoms with Gasteiger partial charge in [0.05, 0.1) is 29.5 Å². The third kappa shape index (κ3) is 5.82. The molecule has 3 aromatic rings. The molecule has 1 fully saturated rings. The van der Waals surface area contributed by atoms with Crippen LogP contribution in [0.15, 0.2) is 59.6 Å². The van der Waals surface area contributed by atoms with Gasteiger partial charge in [-0.25, -0.2) is 9.19 Å². The third-order valence-electron chi connectivity index (χ3n) is 5.77. The van der Waals surface area contributed by atoms with Gasteiger partial charge in [0.2, 0.25) is 5.88 Å². The number of hydrogen-bond acceptors (Lipinski definition) is 6. The number of aryl methyl sites for hydroxylation is 1. The van der Waals surface area contributed by atoms with Gasteiger partial charge in [-0.05, 0) is 67.2 Å². The van der Waals surface area contributed by atoms with Crippen molar-refractivity contribution in [1.82, 2.24) is 4.98 Å². The first-order chi connectivity index (χ1) is 16.8. The molecule has 4 rings (SSSR count). The fraction of sp³-hybridized carbons (Fsp3) is 0.269. The van der Waals surface area contributed by atoms with Crippen LogP contribution in [0.4, 0.5) is 11.4 Å². The first-order valence-electron chi connectivity index (χ1n) is 11.4. The highest BCUT2D eigenvalue weighted by Crippen LogP contribution is 2.34. The van der Waals surface area contributed by atoms with Gasteiger partial charge in [0.25, 0.3) is 5.91 Å². The Morgan fingerprint density at radius 2 is 2.00 bits per heavy atom. The monoisotopic (exact) mass is 494 g/mol. The molecular weight excluding hydrogens is 464 g/mol. The van der Waals surface area contributed by atoms with Crippen LogP contribution in [-0.4, -0.2) is 53.9 Å². The predicted octanol–water partition coefficient (Wildman–Crippen LogP) is 3.49. The third-order valence-corrected chi connectivity index (χ3v) is 6.82. The number of hydrogen-bond donors (Lipinski definition) is 2. The lowest BCUT2D eigenvalue weighted by Crippen LogP contribution is -2.36. The Hall–Kier alpha value is -3.40. The van der Waals surface area contributed by atoms with E-state index in [1.165, 1.54) is 6.07 Å². The van der Waals surface area contributed by atoms with Crippen LogP contribution in [0, 0.1) is 6.92 Å². The molecule has 1 aliphatic heterocycles. The number of ether oxygens (including phenoxy) is 2. The molecule has 1 aliphatic rings. The molecule has 0 radical (unpaired) electrons. The molecular formula is C26H30N4O4S. The zero-order chi connectivity index (χ0) is 25.0. The Kier molecular flexibility index (Phi) is 7.39. The number of nitrogens with zero attached hydrogens (tertiary/aromatic N) is 2. The summed E-state index contributed by atoms with van der Waals surface area (Å²) in [6.07, 6.45) is 1.79. The average Bonchev–Trinajstić information content (AvgIpc) is 2.86. The van der Waals surface area contributed by atoms with Gasteiger partial charge in [0, 0.05) is 41.0 Å². The molecule has 0 bridgehead atoms.